The lowest BCUT2D eigenvalue weighted by Gasteiger charge is -2.43. The number of piperidine rings is 1. The van der Waals surface area contributed by atoms with E-state index in [-0.39, 0.29) is 5.54 Å². The molecule has 112 valence electrons. The predicted molar refractivity (Wildman–Crippen MR) is 86.0 cm³/mol. The first-order valence-corrected chi connectivity index (χ1v) is 8.15. The van der Waals surface area contributed by atoms with Crippen LogP contribution in [0.2, 0.25) is 0 Å². The highest BCUT2D eigenvalue weighted by atomic mass is 15.2. The number of nitrogens with one attached hydrogen (secondary N) is 3. The number of pyridine rings is 1. The summed E-state index contributed by atoms with van der Waals surface area (Å²) in [5.74, 6) is 2.00. The fraction of sp³-hybridized carbons (Fsp3) is 0.625. The number of anilines is 2. The van der Waals surface area contributed by atoms with Crippen molar-refractivity contribution in [1.29, 1.82) is 0 Å². The average molecular weight is 285 g/mol. The molecule has 5 nitrogen and oxygen atoms in total. The van der Waals surface area contributed by atoms with Gasteiger partial charge in [-0.15, -0.1) is 0 Å². The predicted octanol–water partition coefficient (Wildman–Crippen LogP) is 2.38. The van der Waals surface area contributed by atoms with E-state index in [2.05, 4.69) is 27.0 Å². The van der Waals surface area contributed by atoms with E-state index in [0.29, 0.717) is 6.04 Å². The van der Waals surface area contributed by atoms with E-state index in [1.807, 2.05) is 12.3 Å². The van der Waals surface area contributed by atoms with Crippen molar-refractivity contribution in [1.82, 2.24) is 10.3 Å². The minimum absolute atomic E-state index is 0.0864. The van der Waals surface area contributed by atoms with Gasteiger partial charge in [0.25, 0.3) is 0 Å². The van der Waals surface area contributed by atoms with Crippen molar-refractivity contribution in [3.63, 3.8) is 0 Å². The van der Waals surface area contributed by atoms with Crippen LogP contribution in [0.15, 0.2) is 23.3 Å². The first-order valence-electron chi connectivity index (χ1n) is 8.15. The Bertz CT molecular complexity index is 541. The van der Waals surface area contributed by atoms with E-state index in [9.17, 15) is 0 Å². The number of nitrogens with zero attached hydrogens (tertiary/aromatic N) is 2. The second-order valence-electron chi connectivity index (χ2n) is 6.43. The molecular weight excluding hydrogens is 262 g/mol. The van der Waals surface area contributed by atoms with E-state index in [0.717, 1.165) is 36.9 Å². The van der Waals surface area contributed by atoms with Crippen LogP contribution in [0.25, 0.3) is 0 Å². The molecule has 1 aliphatic carbocycles. The number of aromatic nitrogens is 1. The van der Waals surface area contributed by atoms with Crippen molar-refractivity contribution in [2.75, 3.05) is 23.7 Å². The third kappa shape index (κ3) is 2.39. The molecule has 3 aliphatic rings. The highest BCUT2D eigenvalue weighted by Gasteiger charge is 2.41. The summed E-state index contributed by atoms with van der Waals surface area (Å²) < 4.78 is 0. The Morgan fingerprint density at radius 2 is 2.14 bits per heavy atom. The number of hydrogen-bond acceptors (Lipinski definition) is 4. The summed E-state index contributed by atoms with van der Waals surface area (Å²) in [7, 11) is 0. The molecule has 2 aliphatic heterocycles. The highest BCUT2D eigenvalue weighted by Crippen LogP contribution is 2.34. The maximum atomic E-state index is 5.07. The molecule has 0 unspecified atom stereocenters. The standard InChI is InChI=1S/C16H23N5/c1-2-6-12(5-1)19-15-16(8-4-9-17-11-16)21-13-7-3-10-18-14(13)20-15/h3,7,10,12,17,21H,1-2,4-6,8-9,11H2,(H,18,19,20)/t16-/m1/s1. The van der Waals surface area contributed by atoms with Crippen molar-refractivity contribution in [2.45, 2.75) is 50.1 Å². The average Bonchev–Trinajstić information content (AvgIpc) is 3.02. The van der Waals surface area contributed by atoms with Gasteiger partial charge >= 0.3 is 0 Å². The van der Waals surface area contributed by atoms with Crippen LogP contribution >= 0.6 is 0 Å². The van der Waals surface area contributed by atoms with Crippen LogP contribution in [0.1, 0.15) is 38.5 Å². The largest absolute Gasteiger partial charge is 0.369 e. The second-order valence-corrected chi connectivity index (χ2v) is 6.43. The van der Waals surface area contributed by atoms with E-state index in [1.54, 1.807) is 0 Å². The normalized spacial score (nSPS) is 31.0. The van der Waals surface area contributed by atoms with Crippen molar-refractivity contribution in [3.8, 4) is 0 Å². The molecular formula is C16H23N5. The molecule has 21 heavy (non-hydrogen) atoms. The Labute approximate surface area is 125 Å². The second kappa shape index (κ2) is 5.30. The van der Waals surface area contributed by atoms with Crippen LogP contribution in [-0.4, -0.2) is 35.5 Å². The monoisotopic (exact) mass is 285 g/mol. The lowest BCUT2D eigenvalue weighted by Crippen LogP contribution is -2.61. The molecule has 1 aromatic rings. The Morgan fingerprint density at radius 3 is 2.95 bits per heavy atom. The van der Waals surface area contributed by atoms with Crippen molar-refractivity contribution < 1.29 is 0 Å². The first kappa shape index (κ1) is 13.1. The Hall–Kier alpha value is -1.62. The quantitative estimate of drug-likeness (QED) is 0.741. The molecule has 2 fully saturated rings. The third-order valence-corrected chi connectivity index (χ3v) is 4.89. The lowest BCUT2D eigenvalue weighted by molar-refractivity contribution is 0.420. The molecule has 1 saturated heterocycles. The van der Waals surface area contributed by atoms with Gasteiger partial charge in [0.1, 0.15) is 11.4 Å². The van der Waals surface area contributed by atoms with Gasteiger partial charge in [-0.05, 0) is 44.4 Å². The lowest BCUT2D eigenvalue weighted by atomic mass is 9.86. The fourth-order valence-electron chi connectivity index (χ4n) is 3.74. The highest BCUT2D eigenvalue weighted by molar-refractivity contribution is 6.09. The zero-order valence-corrected chi connectivity index (χ0v) is 12.4. The van der Waals surface area contributed by atoms with Crippen LogP contribution in [0.4, 0.5) is 11.5 Å². The topological polar surface area (TPSA) is 61.3 Å². The molecule has 0 amide bonds. The van der Waals surface area contributed by atoms with Crippen LogP contribution in [0.5, 0.6) is 0 Å². The zero-order valence-electron chi connectivity index (χ0n) is 12.4. The van der Waals surface area contributed by atoms with Gasteiger partial charge in [-0.3, -0.25) is 4.99 Å². The Morgan fingerprint density at radius 1 is 1.24 bits per heavy atom. The van der Waals surface area contributed by atoms with Gasteiger partial charge < -0.3 is 16.0 Å². The van der Waals surface area contributed by atoms with E-state index < -0.39 is 0 Å². The minimum atomic E-state index is -0.0864. The maximum absolute atomic E-state index is 5.07. The summed E-state index contributed by atoms with van der Waals surface area (Å²) in [4.78, 5) is 9.52. The van der Waals surface area contributed by atoms with Crippen molar-refractivity contribution in [3.05, 3.63) is 18.3 Å². The van der Waals surface area contributed by atoms with Crippen molar-refractivity contribution in [2.24, 2.45) is 4.99 Å². The molecule has 4 rings (SSSR count). The van der Waals surface area contributed by atoms with Crippen LogP contribution in [-0.2, 0) is 0 Å². The SMILES string of the molecule is c1cnc2c(c1)N[C@@]1(CCCNC1)C(=NC1CCCC1)N2. The van der Waals surface area contributed by atoms with Crippen LogP contribution in [0.3, 0.4) is 0 Å². The fourth-order valence-corrected chi connectivity index (χ4v) is 3.74. The van der Waals surface area contributed by atoms with Gasteiger partial charge in [-0.1, -0.05) is 12.8 Å². The van der Waals surface area contributed by atoms with Gasteiger partial charge in [0.15, 0.2) is 5.82 Å². The van der Waals surface area contributed by atoms with Crippen LogP contribution in [0, 0.1) is 0 Å². The molecule has 1 aromatic heterocycles. The van der Waals surface area contributed by atoms with E-state index in [1.165, 1.54) is 32.1 Å². The molecule has 1 saturated carbocycles. The zero-order chi connectivity index (χ0) is 14.1. The number of aliphatic imine (C=N–C) groups is 1. The summed E-state index contributed by atoms with van der Waals surface area (Å²) in [5.41, 5.74) is 1.00. The number of fused-ring (bicyclic) bond motifs is 1. The molecule has 3 heterocycles. The summed E-state index contributed by atoms with van der Waals surface area (Å²) in [6.45, 7) is 2.03. The number of hydrogen-bond donors (Lipinski definition) is 3. The molecule has 0 radical (unpaired) electrons. The van der Waals surface area contributed by atoms with E-state index >= 15 is 0 Å². The Kier molecular flexibility index (Phi) is 3.30. The van der Waals surface area contributed by atoms with Gasteiger partial charge in [-0.2, -0.15) is 0 Å². The smallest absolute Gasteiger partial charge is 0.154 e. The first-order chi connectivity index (χ1) is 10.4. The van der Waals surface area contributed by atoms with Gasteiger partial charge in [0.2, 0.25) is 0 Å². The van der Waals surface area contributed by atoms with Crippen molar-refractivity contribution >= 4 is 17.3 Å². The van der Waals surface area contributed by atoms with Crippen LogP contribution < -0.4 is 16.0 Å². The molecule has 1 spiro atoms. The molecule has 0 aromatic carbocycles. The summed E-state index contributed by atoms with van der Waals surface area (Å²) in [6.07, 6.45) is 9.20. The maximum Gasteiger partial charge on any atom is 0.154 e. The van der Waals surface area contributed by atoms with Gasteiger partial charge in [0.05, 0.1) is 11.7 Å². The summed E-state index contributed by atoms with van der Waals surface area (Å²) in [6, 6.07) is 4.56. The minimum Gasteiger partial charge on any atom is -0.369 e. The molecule has 5 heteroatoms. The van der Waals surface area contributed by atoms with Gasteiger partial charge in [0, 0.05) is 12.7 Å². The Balaban J connectivity index is 1.71. The number of amidine groups is 1. The summed E-state index contributed by atoms with van der Waals surface area (Å²) in [5, 5.41) is 10.8. The molecule has 1 atom stereocenters. The third-order valence-electron chi connectivity index (χ3n) is 4.89. The summed E-state index contributed by atoms with van der Waals surface area (Å²) >= 11 is 0. The number of rotatable bonds is 1. The van der Waals surface area contributed by atoms with E-state index in [4.69, 9.17) is 4.99 Å². The molecule has 3 N–H and O–H groups in total. The van der Waals surface area contributed by atoms with Gasteiger partial charge in [-0.25, -0.2) is 4.98 Å². The molecule has 0 bridgehead atoms.